The zero-order valence-electron chi connectivity index (χ0n) is 14.2. The smallest absolute Gasteiger partial charge is 0.331 e. The van der Waals surface area contributed by atoms with E-state index in [1.165, 1.54) is 24.3 Å². The number of benzene rings is 1. The fraction of sp³-hybridized carbons (Fsp3) is 0.222. The van der Waals surface area contributed by atoms with Crippen molar-refractivity contribution in [2.45, 2.75) is 13.8 Å². The van der Waals surface area contributed by atoms with E-state index in [9.17, 15) is 19.7 Å². The number of carbonyl (C=O) groups excluding carboxylic acids is 2. The van der Waals surface area contributed by atoms with Gasteiger partial charge in [-0.25, -0.2) is 4.79 Å². The van der Waals surface area contributed by atoms with E-state index in [0.717, 1.165) is 17.5 Å². The highest BCUT2D eigenvalue weighted by molar-refractivity contribution is 6.00. The van der Waals surface area contributed by atoms with Gasteiger partial charge in [0.05, 0.1) is 10.5 Å². The van der Waals surface area contributed by atoms with E-state index in [4.69, 9.17) is 4.74 Å². The number of nitro benzene ring substituents is 1. The van der Waals surface area contributed by atoms with E-state index in [1.807, 2.05) is 25.5 Å². The molecule has 7 heteroatoms. The van der Waals surface area contributed by atoms with Crippen LogP contribution in [0.5, 0.6) is 0 Å². The van der Waals surface area contributed by atoms with Crippen LogP contribution in [0.2, 0.25) is 0 Å². The van der Waals surface area contributed by atoms with Gasteiger partial charge < -0.3 is 9.30 Å². The Morgan fingerprint density at radius 1 is 1.28 bits per heavy atom. The van der Waals surface area contributed by atoms with Crippen molar-refractivity contribution >= 4 is 23.5 Å². The second kappa shape index (κ2) is 7.57. The molecule has 0 saturated carbocycles. The summed E-state index contributed by atoms with van der Waals surface area (Å²) in [6.07, 6.45) is 2.36. The highest BCUT2D eigenvalue weighted by Gasteiger charge is 2.15. The molecule has 130 valence electrons. The van der Waals surface area contributed by atoms with Crippen molar-refractivity contribution in [3.05, 3.63) is 69.0 Å². The maximum Gasteiger partial charge on any atom is 0.331 e. The molecule has 0 N–H and O–H groups in total. The van der Waals surface area contributed by atoms with Crippen LogP contribution in [0, 0.1) is 24.0 Å². The molecule has 0 spiro atoms. The lowest BCUT2D eigenvalue weighted by atomic mass is 10.1. The van der Waals surface area contributed by atoms with Gasteiger partial charge in [0.1, 0.15) is 0 Å². The van der Waals surface area contributed by atoms with Crippen molar-refractivity contribution < 1.29 is 19.2 Å². The van der Waals surface area contributed by atoms with Crippen molar-refractivity contribution in [2.75, 3.05) is 6.61 Å². The van der Waals surface area contributed by atoms with Gasteiger partial charge in [-0.05, 0) is 32.1 Å². The van der Waals surface area contributed by atoms with Gasteiger partial charge in [-0.15, -0.1) is 0 Å². The molecule has 0 bridgehead atoms. The molecule has 2 rings (SSSR count). The van der Waals surface area contributed by atoms with Gasteiger partial charge in [0.25, 0.3) is 5.69 Å². The minimum Gasteiger partial charge on any atom is -0.454 e. The van der Waals surface area contributed by atoms with E-state index >= 15 is 0 Å². The van der Waals surface area contributed by atoms with Gasteiger partial charge >= 0.3 is 5.97 Å². The van der Waals surface area contributed by atoms with Gasteiger partial charge in [0, 0.05) is 36.1 Å². The van der Waals surface area contributed by atoms with Crippen molar-refractivity contribution in [1.29, 1.82) is 0 Å². The number of hydrogen-bond donors (Lipinski definition) is 0. The molecular weight excluding hydrogens is 324 g/mol. The number of ketones is 1. The van der Waals surface area contributed by atoms with Crippen LogP contribution in [-0.2, 0) is 16.6 Å². The Labute approximate surface area is 144 Å². The average molecular weight is 342 g/mol. The van der Waals surface area contributed by atoms with E-state index in [0.29, 0.717) is 5.56 Å². The summed E-state index contributed by atoms with van der Waals surface area (Å²) in [6, 6.07) is 7.77. The topological polar surface area (TPSA) is 91.4 Å². The second-order valence-corrected chi connectivity index (χ2v) is 5.52. The van der Waals surface area contributed by atoms with Gasteiger partial charge in [0.15, 0.2) is 6.61 Å². The number of hydrogen-bond acceptors (Lipinski definition) is 5. The monoisotopic (exact) mass is 342 g/mol. The molecule has 7 nitrogen and oxygen atoms in total. The number of nitro groups is 1. The number of nitrogens with zero attached hydrogens (tertiary/aromatic N) is 2. The number of ether oxygens (including phenoxy) is 1. The standard InChI is InChI=1S/C18H18N2O5/c1-12-10-15(13(2)19(12)3)17(21)11-25-18(22)9-8-14-6-4-5-7-16(14)20(23)24/h4-10H,11H2,1-3H3/b9-8+. The summed E-state index contributed by atoms with van der Waals surface area (Å²) in [4.78, 5) is 34.3. The Bertz CT molecular complexity index is 864. The van der Waals surface area contributed by atoms with Crippen LogP contribution in [0.15, 0.2) is 36.4 Å². The van der Waals surface area contributed by atoms with Crippen LogP contribution >= 0.6 is 0 Å². The van der Waals surface area contributed by atoms with Gasteiger partial charge in [-0.2, -0.15) is 0 Å². The number of rotatable bonds is 6. The van der Waals surface area contributed by atoms with Gasteiger partial charge in [-0.3, -0.25) is 14.9 Å². The largest absolute Gasteiger partial charge is 0.454 e. The molecule has 0 amide bonds. The van der Waals surface area contributed by atoms with Crippen LogP contribution in [0.4, 0.5) is 5.69 Å². The maximum absolute atomic E-state index is 12.1. The van der Waals surface area contributed by atoms with E-state index in [1.54, 1.807) is 12.1 Å². The maximum atomic E-state index is 12.1. The lowest BCUT2D eigenvalue weighted by molar-refractivity contribution is -0.385. The van der Waals surface area contributed by atoms with Crippen LogP contribution < -0.4 is 0 Å². The molecular formula is C18H18N2O5. The van der Waals surface area contributed by atoms with E-state index in [2.05, 4.69) is 0 Å². The molecule has 0 aliphatic carbocycles. The molecule has 0 atom stereocenters. The second-order valence-electron chi connectivity index (χ2n) is 5.52. The normalized spacial score (nSPS) is 10.8. The Hall–Kier alpha value is -3.22. The minimum atomic E-state index is -0.739. The molecule has 25 heavy (non-hydrogen) atoms. The SMILES string of the molecule is Cc1cc(C(=O)COC(=O)/C=C/c2ccccc2[N+](=O)[O-])c(C)n1C. The Morgan fingerprint density at radius 3 is 2.56 bits per heavy atom. The van der Waals surface area contributed by atoms with Gasteiger partial charge in [0.2, 0.25) is 5.78 Å². The zero-order chi connectivity index (χ0) is 18.6. The van der Waals surface area contributed by atoms with Crippen molar-refractivity contribution in [3.63, 3.8) is 0 Å². The minimum absolute atomic E-state index is 0.113. The third kappa shape index (κ3) is 4.20. The fourth-order valence-corrected chi connectivity index (χ4v) is 2.35. The molecule has 0 aliphatic rings. The number of para-hydroxylation sites is 1. The first-order valence-electron chi connectivity index (χ1n) is 7.55. The van der Waals surface area contributed by atoms with E-state index in [-0.39, 0.29) is 23.6 Å². The Kier molecular flexibility index (Phi) is 5.49. The lowest BCUT2D eigenvalue weighted by Crippen LogP contribution is -2.13. The lowest BCUT2D eigenvalue weighted by Gasteiger charge is -2.03. The van der Waals surface area contributed by atoms with Crippen molar-refractivity contribution in [2.24, 2.45) is 7.05 Å². The molecule has 0 aliphatic heterocycles. The zero-order valence-corrected chi connectivity index (χ0v) is 14.2. The first-order valence-corrected chi connectivity index (χ1v) is 7.55. The van der Waals surface area contributed by atoms with Crippen LogP contribution in [0.1, 0.15) is 27.3 Å². The highest BCUT2D eigenvalue weighted by Crippen LogP contribution is 2.19. The van der Waals surface area contributed by atoms with Crippen molar-refractivity contribution in [3.8, 4) is 0 Å². The first-order chi connectivity index (χ1) is 11.8. The fourth-order valence-electron chi connectivity index (χ4n) is 2.35. The summed E-state index contributed by atoms with van der Waals surface area (Å²) in [5.74, 6) is -1.04. The molecule has 0 saturated heterocycles. The summed E-state index contributed by atoms with van der Waals surface area (Å²) < 4.78 is 6.81. The Morgan fingerprint density at radius 2 is 1.96 bits per heavy atom. The molecule has 1 aromatic heterocycles. The summed E-state index contributed by atoms with van der Waals surface area (Å²) in [5.41, 5.74) is 2.41. The van der Waals surface area contributed by atoms with Gasteiger partial charge in [-0.1, -0.05) is 12.1 Å². The third-order valence-electron chi connectivity index (χ3n) is 3.95. The number of esters is 1. The first kappa shape index (κ1) is 18.1. The number of aryl methyl sites for hydroxylation is 1. The predicted molar refractivity (Wildman–Crippen MR) is 92.3 cm³/mol. The molecule has 1 heterocycles. The third-order valence-corrected chi connectivity index (χ3v) is 3.95. The molecule has 2 aromatic rings. The summed E-state index contributed by atoms with van der Waals surface area (Å²) >= 11 is 0. The molecule has 0 unspecified atom stereocenters. The Balaban J connectivity index is 2.00. The van der Waals surface area contributed by atoms with Crippen molar-refractivity contribution in [1.82, 2.24) is 4.57 Å². The summed E-state index contributed by atoms with van der Waals surface area (Å²) in [7, 11) is 1.85. The van der Waals surface area contributed by atoms with Crippen LogP contribution in [0.25, 0.3) is 6.08 Å². The number of carbonyl (C=O) groups is 2. The summed E-state index contributed by atoms with van der Waals surface area (Å²) in [6.45, 7) is 3.31. The molecule has 0 radical (unpaired) electrons. The quantitative estimate of drug-likeness (QED) is 0.265. The van der Waals surface area contributed by atoms with Crippen LogP contribution in [-0.4, -0.2) is 27.8 Å². The highest BCUT2D eigenvalue weighted by atomic mass is 16.6. The average Bonchev–Trinajstić information content (AvgIpc) is 2.85. The number of Topliss-reactive ketones (excluding diaryl/α,β-unsaturated/α-hetero) is 1. The van der Waals surface area contributed by atoms with Crippen LogP contribution in [0.3, 0.4) is 0 Å². The van der Waals surface area contributed by atoms with E-state index < -0.39 is 10.9 Å². The molecule has 0 fully saturated rings. The molecule has 1 aromatic carbocycles. The number of aromatic nitrogens is 1. The predicted octanol–water partition coefficient (Wildman–Crippen LogP) is 2.99. The summed E-state index contributed by atoms with van der Waals surface area (Å²) in [5, 5.41) is 10.9.